The molecule has 7 rings (SSSR count). The van der Waals surface area contributed by atoms with Crippen molar-refractivity contribution >= 4 is 29.3 Å². The molecular formula is C37H39N3O4. The summed E-state index contributed by atoms with van der Waals surface area (Å²) in [4.78, 5) is 25.5. The fourth-order valence-electron chi connectivity index (χ4n) is 7.86. The van der Waals surface area contributed by atoms with Crippen molar-refractivity contribution < 1.29 is 19.1 Å². The Hall–Kier alpha value is -4.57. The second kappa shape index (κ2) is 12.6. The molecule has 7 heteroatoms. The highest BCUT2D eigenvalue weighted by Gasteiger charge is 2.51. The van der Waals surface area contributed by atoms with E-state index in [0.717, 1.165) is 29.0 Å². The van der Waals surface area contributed by atoms with Crippen molar-refractivity contribution in [3.8, 4) is 17.6 Å². The minimum Gasteiger partial charge on any atom is -0.490 e. The SMILES string of the molecule is CCOc1cc(/C=C(/C#N)C(=O)Nc2ccc(C)cc2)ccc1OCC(=O)Nc1ccc(C23CC4CC(CC(C4)C2)C3)cc1. The highest BCUT2D eigenvalue weighted by molar-refractivity contribution is 6.09. The average molecular weight is 590 g/mol. The van der Waals surface area contributed by atoms with E-state index in [0.29, 0.717) is 34.8 Å². The molecule has 0 aromatic heterocycles. The largest absolute Gasteiger partial charge is 0.490 e. The molecule has 7 nitrogen and oxygen atoms in total. The number of benzene rings is 3. The summed E-state index contributed by atoms with van der Waals surface area (Å²) >= 11 is 0. The van der Waals surface area contributed by atoms with Crippen LogP contribution >= 0.6 is 0 Å². The molecule has 0 heterocycles. The molecule has 0 aliphatic heterocycles. The van der Waals surface area contributed by atoms with Crippen LogP contribution in [0.5, 0.6) is 11.5 Å². The second-order valence-corrected chi connectivity index (χ2v) is 12.7. The number of nitrogens with zero attached hydrogens (tertiary/aromatic N) is 1. The first kappa shape index (κ1) is 29.5. The number of rotatable bonds is 10. The molecule has 0 radical (unpaired) electrons. The summed E-state index contributed by atoms with van der Waals surface area (Å²) in [7, 11) is 0. The summed E-state index contributed by atoms with van der Waals surface area (Å²) in [6.07, 6.45) is 9.70. The van der Waals surface area contributed by atoms with Gasteiger partial charge >= 0.3 is 0 Å². The average Bonchev–Trinajstić information content (AvgIpc) is 3.00. The quantitative estimate of drug-likeness (QED) is 0.189. The normalized spacial score (nSPS) is 23.5. The van der Waals surface area contributed by atoms with Gasteiger partial charge in [-0.05, 0) is 129 Å². The van der Waals surface area contributed by atoms with Gasteiger partial charge in [0.15, 0.2) is 18.1 Å². The number of aryl methyl sites for hydroxylation is 1. The monoisotopic (exact) mass is 589 g/mol. The van der Waals surface area contributed by atoms with Gasteiger partial charge in [-0.15, -0.1) is 0 Å². The summed E-state index contributed by atoms with van der Waals surface area (Å²) in [5.74, 6) is 2.73. The minimum atomic E-state index is -0.503. The van der Waals surface area contributed by atoms with E-state index in [1.54, 1.807) is 30.3 Å². The van der Waals surface area contributed by atoms with Gasteiger partial charge in [-0.1, -0.05) is 35.9 Å². The molecule has 2 N–H and O–H groups in total. The van der Waals surface area contributed by atoms with Crippen LogP contribution < -0.4 is 20.1 Å². The molecule has 0 atom stereocenters. The van der Waals surface area contributed by atoms with Crippen molar-refractivity contribution in [2.45, 2.75) is 57.8 Å². The highest BCUT2D eigenvalue weighted by atomic mass is 16.5. The van der Waals surface area contributed by atoms with Crippen LogP contribution in [0.15, 0.2) is 72.3 Å². The smallest absolute Gasteiger partial charge is 0.266 e. The van der Waals surface area contributed by atoms with E-state index in [9.17, 15) is 14.9 Å². The molecule has 4 fully saturated rings. The van der Waals surface area contributed by atoms with Crippen molar-refractivity contribution in [1.29, 1.82) is 5.26 Å². The highest BCUT2D eigenvalue weighted by Crippen LogP contribution is 2.60. The Bertz CT molecular complexity index is 1570. The standard InChI is InChI=1S/C37H39N3O4/c1-3-43-34-18-25(17-29(22-38)36(42)40-32-9-4-24(2)5-10-32)6-13-33(34)44-23-35(41)39-31-11-7-30(8-12-31)37-19-26-14-27(20-37)16-28(15-26)21-37/h4-13,17-18,26-28H,3,14-16,19-21,23H2,1-2H3,(H,39,41)(H,40,42)/b29-17-. The number of hydrogen-bond acceptors (Lipinski definition) is 5. The molecule has 4 bridgehead atoms. The van der Waals surface area contributed by atoms with Crippen LogP contribution in [-0.4, -0.2) is 25.0 Å². The van der Waals surface area contributed by atoms with Crippen LogP contribution in [0, 0.1) is 36.0 Å². The summed E-state index contributed by atoms with van der Waals surface area (Å²) < 4.78 is 11.6. The van der Waals surface area contributed by atoms with E-state index in [2.05, 4.69) is 22.8 Å². The third-order valence-electron chi connectivity index (χ3n) is 9.43. The van der Waals surface area contributed by atoms with Crippen molar-refractivity contribution in [2.75, 3.05) is 23.8 Å². The predicted molar refractivity (Wildman–Crippen MR) is 171 cm³/mol. The van der Waals surface area contributed by atoms with Crippen LogP contribution in [0.4, 0.5) is 11.4 Å². The Morgan fingerprint density at radius 1 is 0.864 bits per heavy atom. The second-order valence-electron chi connectivity index (χ2n) is 12.7. The third kappa shape index (κ3) is 6.50. The lowest BCUT2D eigenvalue weighted by Gasteiger charge is -2.57. The maximum atomic E-state index is 12.8. The van der Waals surface area contributed by atoms with E-state index in [1.807, 2.05) is 44.2 Å². The van der Waals surface area contributed by atoms with Gasteiger partial charge in [0.25, 0.3) is 11.8 Å². The number of carbonyl (C=O) groups excluding carboxylic acids is 2. The van der Waals surface area contributed by atoms with E-state index in [4.69, 9.17) is 9.47 Å². The van der Waals surface area contributed by atoms with Gasteiger partial charge in [-0.3, -0.25) is 9.59 Å². The first-order chi connectivity index (χ1) is 21.3. The predicted octanol–water partition coefficient (Wildman–Crippen LogP) is 7.42. The van der Waals surface area contributed by atoms with Crippen molar-refractivity contribution in [1.82, 2.24) is 0 Å². The maximum Gasteiger partial charge on any atom is 0.266 e. The van der Waals surface area contributed by atoms with E-state index >= 15 is 0 Å². The Morgan fingerprint density at radius 2 is 1.48 bits per heavy atom. The molecule has 4 aliphatic rings. The molecule has 3 aromatic carbocycles. The fraction of sp³-hybridized carbons (Fsp3) is 0.378. The van der Waals surface area contributed by atoms with Crippen LogP contribution in [0.3, 0.4) is 0 Å². The Morgan fingerprint density at radius 3 is 2.09 bits per heavy atom. The zero-order chi connectivity index (χ0) is 30.7. The lowest BCUT2D eigenvalue weighted by Crippen LogP contribution is -2.48. The van der Waals surface area contributed by atoms with E-state index in [1.165, 1.54) is 50.2 Å². The zero-order valence-electron chi connectivity index (χ0n) is 25.4. The van der Waals surface area contributed by atoms with Gasteiger partial charge in [-0.2, -0.15) is 5.26 Å². The molecular weight excluding hydrogens is 550 g/mol. The minimum absolute atomic E-state index is 0.0460. The number of nitriles is 1. The molecule has 44 heavy (non-hydrogen) atoms. The van der Waals surface area contributed by atoms with Gasteiger partial charge in [0.1, 0.15) is 11.6 Å². The van der Waals surface area contributed by atoms with E-state index < -0.39 is 5.91 Å². The lowest BCUT2D eigenvalue weighted by molar-refractivity contribution is -0.118. The van der Waals surface area contributed by atoms with Crippen molar-refractivity contribution in [3.05, 3.63) is 89.0 Å². The topological polar surface area (TPSA) is 100 Å². The number of hydrogen-bond donors (Lipinski definition) is 2. The maximum absolute atomic E-state index is 12.8. The molecule has 0 saturated heterocycles. The summed E-state index contributed by atoms with van der Waals surface area (Å²) in [6.45, 7) is 4.00. The van der Waals surface area contributed by atoms with Crippen LogP contribution in [-0.2, 0) is 15.0 Å². The van der Waals surface area contributed by atoms with Crippen LogP contribution in [0.1, 0.15) is 62.1 Å². The first-order valence-electron chi connectivity index (χ1n) is 15.6. The lowest BCUT2D eigenvalue weighted by atomic mass is 9.48. The Kier molecular flexibility index (Phi) is 8.43. The van der Waals surface area contributed by atoms with Gasteiger partial charge in [0.2, 0.25) is 0 Å². The number of anilines is 2. The van der Waals surface area contributed by atoms with Crippen LogP contribution in [0.2, 0.25) is 0 Å². The van der Waals surface area contributed by atoms with Gasteiger partial charge < -0.3 is 20.1 Å². The molecule has 226 valence electrons. The molecule has 4 aliphatic carbocycles. The number of carbonyl (C=O) groups is 2. The number of amides is 2. The Labute approximate surface area is 259 Å². The first-order valence-corrected chi connectivity index (χ1v) is 15.6. The fourth-order valence-corrected chi connectivity index (χ4v) is 7.86. The number of ether oxygens (including phenoxy) is 2. The van der Waals surface area contributed by atoms with E-state index in [-0.39, 0.29) is 18.1 Å². The molecule has 3 aromatic rings. The van der Waals surface area contributed by atoms with Crippen molar-refractivity contribution in [2.24, 2.45) is 17.8 Å². The van der Waals surface area contributed by atoms with Gasteiger partial charge in [-0.25, -0.2) is 0 Å². The van der Waals surface area contributed by atoms with Crippen LogP contribution in [0.25, 0.3) is 6.08 Å². The zero-order valence-corrected chi connectivity index (χ0v) is 25.4. The molecule has 0 spiro atoms. The van der Waals surface area contributed by atoms with Crippen molar-refractivity contribution in [3.63, 3.8) is 0 Å². The summed E-state index contributed by atoms with van der Waals surface area (Å²) in [6, 6.07) is 22.9. The summed E-state index contributed by atoms with van der Waals surface area (Å²) in [5, 5.41) is 15.3. The van der Waals surface area contributed by atoms with Gasteiger partial charge in [0, 0.05) is 11.4 Å². The number of nitrogens with one attached hydrogen (secondary N) is 2. The Balaban J connectivity index is 1.07. The molecule has 0 unspecified atom stereocenters. The molecule has 4 saturated carbocycles. The van der Waals surface area contributed by atoms with Gasteiger partial charge in [0.05, 0.1) is 6.61 Å². The summed E-state index contributed by atoms with van der Waals surface area (Å²) in [5.41, 5.74) is 4.74. The third-order valence-corrected chi connectivity index (χ3v) is 9.43. The molecule has 2 amide bonds.